The summed E-state index contributed by atoms with van der Waals surface area (Å²) >= 11 is 0. The molecule has 2 heterocycles. The van der Waals surface area contributed by atoms with Gasteiger partial charge in [0.15, 0.2) is 0 Å². The van der Waals surface area contributed by atoms with E-state index in [9.17, 15) is 4.79 Å². The fraction of sp³-hybridized carbons (Fsp3) is 0.938. The lowest BCUT2D eigenvalue weighted by Crippen LogP contribution is -2.50. The smallest absolute Gasteiger partial charge is 0.305 e. The molecule has 0 bridgehead atoms. The van der Waals surface area contributed by atoms with Crippen LogP contribution in [0.15, 0.2) is 0 Å². The molecule has 122 valence electrons. The highest BCUT2D eigenvalue weighted by atomic mass is 16.5. The van der Waals surface area contributed by atoms with Crippen LogP contribution in [-0.4, -0.2) is 59.0 Å². The van der Waals surface area contributed by atoms with E-state index in [1.165, 1.54) is 0 Å². The summed E-state index contributed by atoms with van der Waals surface area (Å²) in [5.41, 5.74) is -0.163. The van der Waals surface area contributed by atoms with Crippen molar-refractivity contribution in [2.24, 2.45) is 0 Å². The van der Waals surface area contributed by atoms with Crippen molar-refractivity contribution in [3.8, 4) is 0 Å². The molecule has 1 atom stereocenters. The van der Waals surface area contributed by atoms with Crippen molar-refractivity contribution in [1.82, 2.24) is 4.90 Å². The van der Waals surface area contributed by atoms with Gasteiger partial charge in [-0.15, -0.1) is 0 Å². The van der Waals surface area contributed by atoms with Crippen LogP contribution >= 0.6 is 0 Å². The number of carboxylic acids is 1. The minimum absolute atomic E-state index is 0.0526. The van der Waals surface area contributed by atoms with E-state index in [2.05, 4.69) is 32.6 Å². The van der Waals surface area contributed by atoms with E-state index < -0.39 is 5.97 Å². The average molecular weight is 299 g/mol. The van der Waals surface area contributed by atoms with Crippen LogP contribution in [0.3, 0.4) is 0 Å². The summed E-state index contributed by atoms with van der Waals surface area (Å²) in [6.45, 7) is 11.0. The fourth-order valence-corrected chi connectivity index (χ4v) is 3.77. The van der Waals surface area contributed by atoms with Crippen LogP contribution in [0.5, 0.6) is 0 Å². The summed E-state index contributed by atoms with van der Waals surface area (Å²) in [7, 11) is 0. The first-order chi connectivity index (χ1) is 9.70. The summed E-state index contributed by atoms with van der Waals surface area (Å²) in [5.74, 6) is -0.792. The number of nitrogens with zero attached hydrogens (tertiary/aromatic N) is 1. The van der Waals surface area contributed by atoms with Gasteiger partial charge in [-0.25, -0.2) is 0 Å². The molecular formula is C16H29NO4. The molecule has 5 heteroatoms. The second-order valence-corrected chi connectivity index (χ2v) is 7.43. The molecule has 2 rings (SSSR count). The maximum Gasteiger partial charge on any atom is 0.305 e. The standard InChI is InChI=1S/C16H29NO4/c1-15(2)11-13(16(3,4)21-15)17-8-5-12(6-9-17)20-10-7-14(18)19/h12-13H,5-11H2,1-4H3,(H,18,19). The van der Waals surface area contributed by atoms with Crippen LogP contribution in [0.25, 0.3) is 0 Å². The van der Waals surface area contributed by atoms with Crippen LogP contribution in [-0.2, 0) is 14.3 Å². The Balaban J connectivity index is 1.80. The summed E-state index contributed by atoms with van der Waals surface area (Å²) in [6, 6.07) is 0.451. The maximum absolute atomic E-state index is 10.5. The predicted molar refractivity (Wildman–Crippen MR) is 80.4 cm³/mol. The second kappa shape index (κ2) is 6.23. The van der Waals surface area contributed by atoms with E-state index in [0.717, 1.165) is 32.4 Å². The second-order valence-electron chi connectivity index (χ2n) is 7.43. The predicted octanol–water partition coefficient (Wildman–Crippen LogP) is 2.29. The average Bonchev–Trinajstić information content (AvgIpc) is 2.58. The minimum atomic E-state index is -0.792. The molecule has 2 fully saturated rings. The summed E-state index contributed by atoms with van der Waals surface area (Å²) in [5, 5.41) is 8.63. The molecule has 0 aromatic carbocycles. The highest BCUT2D eigenvalue weighted by Gasteiger charge is 2.48. The Bertz CT molecular complexity index is 372. The zero-order valence-electron chi connectivity index (χ0n) is 13.7. The molecule has 0 radical (unpaired) electrons. The van der Waals surface area contributed by atoms with E-state index in [1.807, 2.05) is 0 Å². The molecule has 0 spiro atoms. The lowest BCUT2D eigenvalue weighted by atomic mass is 9.91. The number of hydrogen-bond donors (Lipinski definition) is 1. The first-order valence-electron chi connectivity index (χ1n) is 7.97. The number of likely N-dealkylation sites (tertiary alicyclic amines) is 1. The van der Waals surface area contributed by atoms with Gasteiger partial charge in [-0.05, 0) is 47.0 Å². The fourth-order valence-electron chi connectivity index (χ4n) is 3.77. The van der Waals surface area contributed by atoms with Crippen molar-refractivity contribution in [1.29, 1.82) is 0 Å². The van der Waals surface area contributed by atoms with E-state index in [1.54, 1.807) is 0 Å². The van der Waals surface area contributed by atoms with Gasteiger partial charge in [-0.3, -0.25) is 9.69 Å². The van der Waals surface area contributed by atoms with Crippen molar-refractivity contribution in [2.45, 2.75) is 76.7 Å². The molecule has 1 N–H and O–H groups in total. The van der Waals surface area contributed by atoms with E-state index in [0.29, 0.717) is 12.6 Å². The number of hydrogen-bond acceptors (Lipinski definition) is 4. The highest BCUT2D eigenvalue weighted by Crippen LogP contribution is 2.40. The third-order valence-corrected chi connectivity index (χ3v) is 4.61. The van der Waals surface area contributed by atoms with E-state index in [4.69, 9.17) is 14.6 Å². The molecule has 5 nitrogen and oxygen atoms in total. The first-order valence-corrected chi connectivity index (χ1v) is 7.97. The molecule has 0 aliphatic carbocycles. The molecule has 0 aromatic heterocycles. The Morgan fingerprint density at radius 1 is 1.29 bits per heavy atom. The van der Waals surface area contributed by atoms with Gasteiger partial charge in [0.05, 0.1) is 30.3 Å². The highest BCUT2D eigenvalue weighted by molar-refractivity contribution is 5.66. The summed E-state index contributed by atoms with van der Waals surface area (Å²) in [6.07, 6.45) is 3.32. The van der Waals surface area contributed by atoms with Crippen molar-refractivity contribution < 1.29 is 19.4 Å². The lowest BCUT2D eigenvalue weighted by molar-refractivity contribution is -0.139. The molecule has 21 heavy (non-hydrogen) atoms. The molecule has 0 amide bonds. The summed E-state index contributed by atoms with van der Waals surface area (Å²) < 4.78 is 11.8. The van der Waals surface area contributed by atoms with Crippen LogP contribution in [0, 0.1) is 0 Å². The Morgan fingerprint density at radius 3 is 2.38 bits per heavy atom. The van der Waals surface area contributed by atoms with Crippen molar-refractivity contribution in [3.05, 3.63) is 0 Å². The largest absolute Gasteiger partial charge is 0.481 e. The van der Waals surface area contributed by atoms with Gasteiger partial charge in [-0.1, -0.05) is 0 Å². The Labute approximate surface area is 127 Å². The zero-order chi connectivity index (χ0) is 15.7. The Morgan fingerprint density at radius 2 is 1.90 bits per heavy atom. The molecule has 0 saturated carbocycles. The van der Waals surface area contributed by atoms with Crippen LogP contribution in [0.4, 0.5) is 0 Å². The number of carbonyl (C=O) groups is 1. The van der Waals surface area contributed by atoms with Crippen LogP contribution in [0.2, 0.25) is 0 Å². The molecule has 2 saturated heterocycles. The quantitative estimate of drug-likeness (QED) is 0.844. The van der Waals surface area contributed by atoms with Gasteiger partial charge in [-0.2, -0.15) is 0 Å². The normalized spacial score (nSPS) is 29.6. The topological polar surface area (TPSA) is 59.0 Å². The number of aliphatic carboxylic acids is 1. The number of carboxylic acid groups (broad SMARTS) is 1. The third-order valence-electron chi connectivity index (χ3n) is 4.61. The molecule has 2 aliphatic heterocycles. The SMILES string of the molecule is CC1(C)CC(N2CCC(OCCC(=O)O)CC2)C(C)(C)O1. The zero-order valence-corrected chi connectivity index (χ0v) is 13.7. The van der Waals surface area contributed by atoms with Crippen LogP contribution in [0.1, 0.15) is 53.4 Å². The van der Waals surface area contributed by atoms with Gasteiger partial charge in [0.2, 0.25) is 0 Å². The Kier molecular flexibility index (Phi) is 4.96. The maximum atomic E-state index is 10.5. The van der Waals surface area contributed by atoms with Crippen molar-refractivity contribution >= 4 is 5.97 Å². The number of piperidine rings is 1. The van der Waals surface area contributed by atoms with Gasteiger partial charge >= 0.3 is 5.97 Å². The van der Waals surface area contributed by atoms with Crippen molar-refractivity contribution in [3.63, 3.8) is 0 Å². The molecule has 2 aliphatic rings. The van der Waals surface area contributed by atoms with E-state index >= 15 is 0 Å². The Hall–Kier alpha value is -0.650. The summed E-state index contributed by atoms with van der Waals surface area (Å²) in [4.78, 5) is 13.0. The molecular weight excluding hydrogens is 270 g/mol. The molecule has 0 aromatic rings. The molecule has 1 unspecified atom stereocenters. The van der Waals surface area contributed by atoms with Gasteiger partial charge in [0.1, 0.15) is 0 Å². The monoisotopic (exact) mass is 299 g/mol. The van der Waals surface area contributed by atoms with Gasteiger partial charge in [0, 0.05) is 19.1 Å². The number of rotatable bonds is 5. The van der Waals surface area contributed by atoms with Gasteiger partial charge < -0.3 is 14.6 Å². The number of ether oxygens (including phenoxy) is 2. The third kappa shape index (κ3) is 4.41. The van der Waals surface area contributed by atoms with Crippen molar-refractivity contribution in [2.75, 3.05) is 19.7 Å². The van der Waals surface area contributed by atoms with E-state index in [-0.39, 0.29) is 23.7 Å². The minimum Gasteiger partial charge on any atom is -0.481 e. The van der Waals surface area contributed by atoms with Gasteiger partial charge in [0.25, 0.3) is 0 Å². The van der Waals surface area contributed by atoms with Crippen LogP contribution < -0.4 is 0 Å². The lowest BCUT2D eigenvalue weighted by Gasteiger charge is -2.40. The first kappa shape index (κ1) is 16.7.